The number of aromatic nitrogens is 4. The minimum atomic E-state index is -2.84. The van der Waals surface area contributed by atoms with Crippen LogP contribution >= 0.6 is 0 Å². The van der Waals surface area contributed by atoms with E-state index in [1.807, 2.05) is 4.98 Å². The van der Waals surface area contributed by atoms with Gasteiger partial charge < -0.3 is 9.72 Å². The summed E-state index contributed by atoms with van der Waals surface area (Å²) in [4.78, 5) is 27.1. The monoisotopic (exact) mass is 310 g/mol. The normalized spacial score (nSPS) is 22.4. The predicted molar refractivity (Wildman–Crippen MR) is 72.1 cm³/mol. The molecule has 1 aliphatic carbocycles. The van der Waals surface area contributed by atoms with Gasteiger partial charge in [-0.2, -0.15) is 0 Å². The average Bonchev–Trinajstić information content (AvgIpc) is 2.96. The van der Waals surface area contributed by atoms with Crippen molar-refractivity contribution in [2.24, 2.45) is 5.92 Å². The van der Waals surface area contributed by atoms with Crippen LogP contribution in [-0.2, 0) is 0 Å². The first kappa shape index (κ1) is 14.4. The van der Waals surface area contributed by atoms with Crippen molar-refractivity contribution >= 4 is 0 Å². The third-order valence-corrected chi connectivity index (χ3v) is 3.82. The molecule has 0 radical (unpaired) electrons. The summed E-state index contributed by atoms with van der Waals surface area (Å²) in [6, 6.07) is 1.34. The minimum absolute atomic E-state index is 0.00127. The van der Waals surface area contributed by atoms with Gasteiger partial charge in [-0.25, -0.2) is 13.6 Å². The fraction of sp³-hybridized carbons (Fsp3) is 0.385. The van der Waals surface area contributed by atoms with Crippen molar-refractivity contribution in [3.8, 4) is 17.1 Å². The molecule has 0 bridgehead atoms. The highest BCUT2D eigenvalue weighted by Gasteiger charge is 2.67. The SMILES string of the molecule is COc1nnc(-c2c[nH]c(=O)[nH]c2=O)cc1[C@@H]1[C@@H](C)C1(F)F. The van der Waals surface area contributed by atoms with E-state index in [0.29, 0.717) is 0 Å². The number of nitrogens with one attached hydrogen (secondary N) is 2. The summed E-state index contributed by atoms with van der Waals surface area (Å²) >= 11 is 0. The van der Waals surface area contributed by atoms with Crippen LogP contribution in [0, 0.1) is 5.92 Å². The van der Waals surface area contributed by atoms with Gasteiger partial charge in [0.1, 0.15) is 5.69 Å². The van der Waals surface area contributed by atoms with Crippen LogP contribution in [-0.4, -0.2) is 33.2 Å². The molecule has 1 fully saturated rings. The van der Waals surface area contributed by atoms with Crippen molar-refractivity contribution in [1.82, 2.24) is 20.2 Å². The topological polar surface area (TPSA) is 101 Å². The Hall–Kier alpha value is -2.58. The Morgan fingerprint density at radius 3 is 2.55 bits per heavy atom. The van der Waals surface area contributed by atoms with Crippen molar-refractivity contribution < 1.29 is 13.5 Å². The molecule has 0 spiro atoms. The third-order valence-electron chi connectivity index (χ3n) is 3.82. The largest absolute Gasteiger partial charge is 0.480 e. The molecule has 22 heavy (non-hydrogen) atoms. The molecule has 2 heterocycles. The Labute approximate surface area is 122 Å². The summed E-state index contributed by atoms with van der Waals surface area (Å²) in [5, 5.41) is 7.54. The summed E-state index contributed by atoms with van der Waals surface area (Å²) in [6.45, 7) is 1.43. The van der Waals surface area contributed by atoms with Crippen LogP contribution in [0.1, 0.15) is 18.4 Å². The molecule has 116 valence electrons. The first-order chi connectivity index (χ1) is 10.4. The fourth-order valence-electron chi connectivity index (χ4n) is 2.46. The number of alkyl halides is 2. The van der Waals surface area contributed by atoms with Crippen molar-refractivity contribution in [3.05, 3.63) is 38.7 Å². The molecule has 2 aromatic rings. The molecule has 2 atom stereocenters. The van der Waals surface area contributed by atoms with Crippen molar-refractivity contribution in [2.75, 3.05) is 7.11 Å². The second-order valence-corrected chi connectivity index (χ2v) is 5.12. The number of ether oxygens (including phenoxy) is 1. The lowest BCUT2D eigenvalue weighted by molar-refractivity contribution is 0.0959. The maximum atomic E-state index is 13.6. The van der Waals surface area contributed by atoms with E-state index >= 15 is 0 Å². The van der Waals surface area contributed by atoms with Crippen molar-refractivity contribution in [3.63, 3.8) is 0 Å². The lowest BCUT2D eigenvalue weighted by Crippen LogP contribution is -2.23. The van der Waals surface area contributed by atoms with Crippen molar-refractivity contribution in [2.45, 2.75) is 18.8 Å². The molecule has 3 rings (SSSR count). The lowest BCUT2D eigenvalue weighted by Gasteiger charge is -2.07. The fourth-order valence-corrected chi connectivity index (χ4v) is 2.46. The Kier molecular flexibility index (Phi) is 3.08. The number of aromatic amines is 2. The highest BCUT2D eigenvalue weighted by atomic mass is 19.3. The van der Waals surface area contributed by atoms with E-state index in [0.717, 1.165) is 6.20 Å². The summed E-state index contributed by atoms with van der Waals surface area (Å²) < 4.78 is 32.3. The van der Waals surface area contributed by atoms with Gasteiger partial charge in [-0.3, -0.25) is 9.78 Å². The second kappa shape index (κ2) is 4.72. The smallest absolute Gasteiger partial charge is 0.325 e. The Morgan fingerprint density at radius 1 is 1.32 bits per heavy atom. The molecule has 0 aliphatic heterocycles. The van der Waals surface area contributed by atoms with E-state index in [9.17, 15) is 18.4 Å². The minimum Gasteiger partial charge on any atom is -0.480 e. The quantitative estimate of drug-likeness (QED) is 0.877. The zero-order chi connectivity index (χ0) is 16.1. The van der Waals surface area contributed by atoms with Gasteiger partial charge >= 0.3 is 5.69 Å². The van der Waals surface area contributed by atoms with E-state index < -0.39 is 29.0 Å². The predicted octanol–water partition coefficient (Wildman–Crippen LogP) is 0.897. The molecule has 9 heteroatoms. The molecule has 2 N–H and O–H groups in total. The molecular weight excluding hydrogens is 298 g/mol. The van der Waals surface area contributed by atoms with E-state index in [2.05, 4.69) is 15.2 Å². The molecular formula is C13H12F2N4O3. The van der Waals surface area contributed by atoms with E-state index in [-0.39, 0.29) is 22.7 Å². The number of halogens is 2. The second-order valence-electron chi connectivity index (χ2n) is 5.12. The molecule has 1 saturated carbocycles. The molecule has 2 aromatic heterocycles. The Bertz CT molecular complexity index is 846. The zero-order valence-corrected chi connectivity index (χ0v) is 11.7. The molecule has 0 unspecified atom stereocenters. The van der Waals surface area contributed by atoms with Gasteiger partial charge in [0.15, 0.2) is 0 Å². The Morgan fingerprint density at radius 2 is 2.00 bits per heavy atom. The highest BCUT2D eigenvalue weighted by Crippen LogP contribution is 2.62. The van der Waals surface area contributed by atoms with E-state index in [1.54, 1.807) is 0 Å². The van der Waals surface area contributed by atoms with Crippen LogP contribution < -0.4 is 16.0 Å². The first-order valence-corrected chi connectivity index (χ1v) is 6.48. The number of nitrogens with zero attached hydrogens (tertiary/aromatic N) is 2. The van der Waals surface area contributed by atoms with E-state index in [1.165, 1.54) is 20.1 Å². The maximum Gasteiger partial charge on any atom is 0.325 e. The molecule has 0 saturated heterocycles. The van der Waals surface area contributed by atoms with Gasteiger partial charge in [-0.15, -0.1) is 10.2 Å². The standard InChI is InChI=1S/C13H12F2N4O3/c1-5-9(13(5,14)15)6-3-8(18-19-11(6)22-2)7-4-16-12(21)17-10(7)20/h3-5,9H,1-2H3,(H2,16,17,20,21)/t5-,9+/m1/s1. The van der Waals surface area contributed by atoms with Crippen LogP contribution in [0.25, 0.3) is 11.3 Å². The maximum absolute atomic E-state index is 13.6. The van der Waals surface area contributed by atoms with Crippen LogP contribution in [0.3, 0.4) is 0 Å². The van der Waals surface area contributed by atoms with Gasteiger partial charge in [-0.1, -0.05) is 6.92 Å². The summed E-state index contributed by atoms with van der Waals surface area (Å²) in [7, 11) is 1.31. The highest BCUT2D eigenvalue weighted by molar-refractivity contribution is 5.58. The first-order valence-electron chi connectivity index (χ1n) is 6.48. The van der Waals surface area contributed by atoms with Crippen LogP contribution in [0.4, 0.5) is 8.78 Å². The summed E-state index contributed by atoms with van der Waals surface area (Å²) in [6.07, 6.45) is 1.16. The van der Waals surface area contributed by atoms with Gasteiger partial charge in [0, 0.05) is 17.7 Å². The van der Waals surface area contributed by atoms with Crippen LogP contribution in [0.5, 0.6) is 5.88 Å². The van der Waals surface area contributed by atoms with Gasteiger partial charge in [-0.05, 0) is 6.07 Å². The summed E-state index contributed by atoms with van der Waals surface area (Å²) in [5.41, 5.74) is -1.03. The molecule has 7 nitrogen and oxygen atoms in total. The zero-order valence-electron chi connectivity index (χ0n) is 11.7. The summed E-state index contributed by atoms with van der Waals surface area (Å²) in [5.74, 6) is -4.71. The average molecular weight is 310 g/mol. The van der Waals surface area contributed by atoms with Crippen LogP contribution in [0.15, 0.2) is 21.9 Å². The Balaban J connectivity index is 2.12. The number of rotatable bonds is 3. The van der Waals surface area contributed by atoms with Gasteiger partial charge in [0.05, 0.1) is 18.6 Å². The molecule has 0 aromatic carbocycles. The van der Waals surface area contributed by atoms with Crippen LogP contribution in [0.2, 0.25) is 0 Å². The number of hydrogen-bond donors (Lipinski definition) is 2. The number of H-pyrrole nitrogens is 2. The van der Waals surface area contributed by atoms with Crippen molar-refractivity contribution in [1.29, 1.82) is 0 Å². The van der Waals surface area contributed by atoms with E-state index in [4.69, 9.17) is 4.74 Å². The van der Waals surface area contributed by atoms with Gasteiger partial charge in [0.25, 0.3) is 11.5 Å². The third kappa shape index (κ3) is 2.09. The molecule has 1 aliphatic rings. The van der Waals surface area contributed by atoms with Gasteiger partial charge in [0.2, 0.25) is 5.88 Å². The number of methoxy groups -OCH3 is 1. The molecule has 0 amide bonds. The lowest BCUT2D eigenvalue weighted by atomic mass is 10.1. The number of hydrogen-bond acceptors (Lipinski definition) is 5.